The lowest BCUT2D eigenvalue weighted by Gasteiger charge is -2.32. The summed E-state index contributed by atoms with van der Waals surface area (Å²) < 4.78 is 0. The third-order valence-electron chi connectivity index (χ3n) is 6.71. The van der Waals surface area contributed by atoms with Gasteiger partial charge < -0.3 is 15.3 Å². The molecule has 0 aromatic heterocycles. The van der Waals surface area contributed by atoms with Crippen molar-refractivity contribution < 1.29 is 24.3 Å². The molecule has 4 rings (SSSR count). The number of carbonyl (C=O) groups excluding carboxylic acids is 3. The minimum atomic E-state index is -1.14. The number of hydrogen-bond donors (Lipinski definition) is 2. The molecular weight excluding hydrogens is 544 g/mol. The number of rotatable bonds is 10. The number of aryl methyl sites for hydroxylation is 1. The lowest BCUT2D eigenvalue weighted by Crippen LogP contribution is -2.53. The lowest BCUT2D eigenvalue weighted by molar-refractivity contribution is -0.145. The Morgan fingerprint density at radius 1 is 0.975 bits per heavy atom. The number of carbonyl (C=O) groups is 4. The van der Waals surface area contributed by atoms with Gasteiger partial charge in [0.2, 0.25) is 16.9 Å². The van der Waals surface area contributed by atoms with E-state index in [4.69, 9.17) is 0 Å². The molecule has 2 amide bonds. The number of benzene rings is 3. The van der Waals surface area contributed by atoms with Gasteiger partial charge in [-0.1, -0.05) is 109 Å². The minimum Gasteiger partial charge on any atom is -0.480 e. The number of amides is 2. The van der Waals surface area contributed by atoms with E-state index in [9.17, 15) is 24.3 Å². The Balaban J connectivity index is 1.52. The minimum absolute atomic E-state index is 0.120. The van der Waals surface area contributed by atoms with Gasteiger partial charge in [-0.3, -0.25) is 14.4 Å². The molecule has 0 spiro atoms. The molecule has 3 aromatic rings. The van der Waals surface area contributed by atoms with Crippen LogP contribution < -0.4 is 5.32 Å². The van der Waals surface area contributed by atoms with E-state index in [2.05, 4.69) is 5.32 Å². The lowest BCUT2D eigenvalue weighted by atomic mass is 10.0. The van der Waals surface area contributed by atoms with Crippen LogP contribution in [0.25, 0.3) is 0 Å². The van der Waals surface area contributed by atoms with Gasteiger partial charge in [0.1, 0.15) is 17.5 Å². The van der Waals surface area contributed by atoms with Crippen LogP contribution in [-0.4, -0.2) is 56.5 Å². The van der Waals surface area contributed by atoms with E-state index in [0.29, 0.717) is 11.3 Å². The second kappa shape index (κ2) is 13.7. The molecule has 0 saturated carbocycles. The van der Waals surface area contributed by atoms with E-state index < -0.39 is 35.3 Å². The molecule has 0 bridgehead atoms. The van der Waals surface area contributed by atoms with Crippen LogP contribution in [-0.2, 0) is 20.8 Å². The van der Waals surface area contributed by atoms with Crippen molar-refractivity contribution in [2.75, 3.05) is 11.5 Å². The third-order valence-corrected chi connectivity index (χ3v) is 9.20. The maximum absolute atomic E-state index is 13.9. The Hall–Kier alpha value is -3.56. The SMILES string of the molecule is Cc1ccc([C@H]2SC[C@@H](C(=O)N[C@@H](Cc3ccccc3)C(=O)O)N2C(=O)[C@H](C)CSC(=O)c2ccccc2)cc1. The predicted molar refractivity (Wildman–Crippen MR) is 159 cm³/mol. The molecule has 0 aliphatic carbocycles. The van der Waals surface area contributed by atoms with Crippen LogP contribution in [0.1, 0.15) is 39.3 Å². The number of thioether (sulfide) groups is 2. The summed E-state index contributed by atoms with van der Waals surface area (Å²) in [4.78, 5) is 53.6. The molecule has 1 aliphatic rings. The number of nitrogens with one attached hydrogen (secondary N) is 1. The zero-order valence-electron chi connectivity index (χ0n) is 22.4. The summed E-state index contributed by atoms with van der Waals surface area (Å²) in [6, 6.07) is 23.8. The first-order chi connectivity index (χ1) is 19.2. The highest BCUT2D eigenvalue weighted by Gasteiger charge is 2.44. The Bertz CT molecular complexity index is 1330. The van der Waals surface area contributed by atoms with Gasteiger partial charge in [-0.05, 0) is 18.1 Å². The van der Waals surface area contributed by atoms with Crippen LogP contribution in [0.2, 0.25) is 0 Å². The Labute approximate surface area is 242 Å². The van der Waals surface area contributed by atoms with Crippen molar-refractivity contribution in [1.29, 1.82) is 0 Å². The largest absolute Gasteiger partial charge is 0.480 e. The quantitative estimate of drug-likeness (QED) is 0.352. The molecule has 40 heavy (non-hydrogen) atoms. The van der Waals surface area contributed by atoms with Crippen LogP contribution in [0.15, 0.2) is 84.9 Å². The Morgan fingerprint density at radius 2 is 1.60 bits per heavy atom. The molecule has 7 nitrogen and oxygen atoms in total. The van der Waals surface area contributed by atoms with Crippen LogP contribution in [0, 0.1) is 12.8 Å². The van der Waals surface area contributed by atoms with Gasteiger partial charge in [-0.15, -0.1) is 11.8 Å². The molecule has 0 radical (unpaired) electrons. The van der Waals surface area contributed by atoms with E-state index in [1.807, 2.05) is 67.6 Å². The molecule has 9 heteroatoms. The molecule has 0 unspecified atom stereocenters. The van der Waals surface area contributed by atoms with Crippen LogP contribution in [0.3, 0.4) is 0 Å². The first-order valence-corrected chi connectivity index (χ1v) is 15.1. The standard InChI is InChI=1S/C31H32N2O5S2/c1-20-13-15-23(16-14-20)29-33(28(35)21(2)18-40-31(38)24-11-7-4-8-12-24)26(19-39-29)27(34)32-25(30(36)37)17-22-9-5-3-6-10-22/h3-16,21,25-26,29H,17-19H2,1-2H3,(H,32,34)(H,36,37)/t21-,25+,26+,29-/m1/s1. The highest BCUT2D eigenvalue weighted by Crippen LogP contribution is 2.42. The summed E-state index contributed by atoms with van der Waals surface area (Å²) in [5, 5.41) is 12.0. The second-order valence-corrected chi connectivity index (χ2v) is 11.9. The fourth-order valence-electron chi connectivity index (χ4n) is 4.47. The number of carboxylic acid groups (broad SMARTS) is 1. The van der Waals surface area contributed by atoms with Gasteiger partial charge in [0, 0.05) is 29.4 Å². The van der Waals surface area contributed by atoms with Crippen molar-refractivity contribution in [3.63, 3.8) is 0 Å². The number of carboxylic acids is 1. The van der Waals surface area contributed by atoms with Gasteiger partial charge in [-0.25, -0.2) is 4.79 Å². The molecular formula is C31H32N2O5S2. The average molecular weight is 577 g/mol. The van der Waals surface area contributed by atoms with Gasteiger partial charge in [0.15, 0.2) is 0 Å². The number of nitrogens with zero attached hydrogens (tertiary/aromatic N) is 1. The van der Waals surface area contributed by atoms with Crippen LogP contribution in [0.5, 0.6) is 0 Å². The monoisotopic (exact) mass is 576 g/mol. The highest BCUT2D eigenvalue weighted by atomic mass is 32.2. The van der Waals surface area contributed by atoms with Gasteiger partial charge in [-0.2, -0.15) is 0 Å². The van der Waals surface area contributed by atoms with Crippen molar-refractivity contribution in [2.45, 2.75) is 37.7 Å². The summed E-state index contributed by atoms with van der Waals surface area (Å²) in [7, 11) is 0. The summed E-state index contributed by atoms with van der Waals surface area (Å²) in [5.74, 6) is -1.84. The molecule has 208 valence electrons. The molecule has 3 aromatic carbocycles. The fourth-order valence-corrected chi connectivity index (χ4v) is 6.75. The van der Waals surface area contributed by atoms with E-state index in [0.717, 1.165) is 28.5 Å². The van der Waals surface area contributed by atoms with Crippen molar-refractivity contribution in [1.82, 2.24) is 10.2 Å². The topological polar surface area (TPSA) is 104 Å². The molecule has 1 saturated heterocycles. The summed E-state index contributed by atoms with van der Waals surface area (Å²) in [6.45, 7) is 3.74. The van der Waals surface area contributed by atoms with Crippen molar-refractivity contribution in [3.8, 4) is 0 Å². The highest BCUT2D eigenvalue weighted by molar-refractivity contribution is 8.14. The number of aliphatic carboxylic acids is 1. The molecule has 4 atom stereocenters. The zero-order valence-corrected chi connectivity index (χ0v) is 24.0. The number of hydrogen-bond acceptors (Lipinski definition) is 6. The first-order valence-electron chi connectivity index (χ1n) is 13.0. The Morgan fingerprint density at radius 3 is 2.23 bits per heavy atom. The van der Waals surface area contributed by atoms with E-state index in [1.165, 1.54) is 11.8 Å². The van der Waals surface area contributed by atoms with Gasteiger partial charge >= 0.3 is 5.97 Å². The third kappa shape index (κ3) is 7.34. The van der Waals surface area contributed by atoms with Crippen LogP contribution >= 0.6 is 23.5 Å². The normalized spacial score (nSPS) is 18.1. The summed E-state index contributed by atoms with van der Waals surface area (Å²) in [6.07, 6.45) is 0.131. The van der Waals surface area contributed by atoms with Crippen molar-refractivity contribution >= 4 is 46.4 Å². The van der Waals surface area contributed by atoms with Crippen molar-refractivity contribution in [3.05, 3.63) is 107 Å². The summed E-state index contributed by atoms with van der Waals surface area (Å²) >= 11 is 2.55. The van der Waals surface area contributed by atoms with Crippen LogP contribution in [0.4, 0.5) is 0 Å². The van der Waals surface area contributed by atoms with E-state index in [1.54, 1.807) is 36.1 Å². The molecule has 1 heterocycles. The average Bonchev–Trinajstić information content (AvgIpc) is 3.41. The molecule has 1 aliphatic heterocycles. The smallest absolute Gasteiger partial charge is 0.326 e. The van der Waals surface area contributed by atoms with E-state index >= 15 is 0 Å². The molecule has 2 N–H and O–H groups in total. The zero-order chi connectivity index (χ0) is 28.6. The first kappa shape index (κ1) is 29.4. The maximum Gasteiger partial charge on any atom is 0.326 e. The van der Waals surface area contributed by atoms with E-state index in [-0.39, 0.29) is 23.2 Å². The van der Waals surface area contributed by atoms with Gasteiger partial charge in [0.25, 0.3) is 0 Å². The van der Waals surface area contributed by atoms with Crippen molar-refractivity contribution in [2.24, 2.45) is 5.92 Å². The fraction of sp³-hybridized carbons (Fsp3) is 0.290. The Kier molecular flexibility index (Phi) is 10.1. The van der Waals surface area contributed by atoms with Gasteiger partial charge in [0.05, 0.1) is 0 Å². The second-order valence-electron chi connectivity index (χ2n) is 9.81. The maximum atomic E-state index is 13.9. The predicted octanol–water partition coefficient (Wildman–Crippen LogP) is 4.96. The summed E-state index contributed by atoms with van der Waals surface area (Å²) in [5.41, 5.74) is 3.32. The molecule has 1 fully saturated rings.